The summed E-state index contributed by atoms with van der Waals surface area (Å²) in [5.41, 5.74) is 8.41. The summed E-state index contributed by atoms with van der Waals surface area (Å²) in [7, 11) is 1.26. The third kappa shape index (κ3) is 7.70. The van der Waals surface area contributed by atoms with Crippen molar-refractivity contribution >= 4 is 5.97 Å². The van der Waals surface area contributed by atoms with E-state index < -0.39 is 18.1 Å². The van der Waals surface area contributed by atoms with Gasteiger partial charge in [-0.15, -0.1) is 0 Å². The SMILES string of the molecule is CCCCCC[C@@H](O)[C@@H](/C=C/C(=O)OC)N=[N+]=[N-]. The number of hydrogen-bond acceptors (Lipinski definition) is 4. The van der Waals surface area contributed by atoms with Crippen LogP contribution in [0.5, 0.6) is 0 Å². The summed E-state index contributed by atoms with van der Waals surface area (Å²) in [4.78, 5) is 13.6. The van der Waals surface area contributed by atoms with Gasteiger partial charge in [-0.25, -0.2) is 4.79 Å². The summed E-state index contributed by atoms with van der Waals surface area (Å²) in [6, 6.07) is -0.726. The second-order valence-corrected chi connectivity index (χ2v) is 3.99. The number of azide groups is 1. The van der Waals surface area contributed by atoms with Crippen molar-refractivity contribution in [2.45, 2.75) is 51.2 Å². The first kappa shape index (κ1) is 16.5. The molecule has 0 saturated carbocycles. The number of carbonyl (C=O) groups excluding carboxylic acids is 1. The molecule has 18 heavy (non-hydrogen) atoms. The molecule has 0 aliphatic heterocycles. The highest BCUT2D eigenvalue weighted by Crippen LogP contribution is 2.12. The predicted molar refractivity (Wildman–Crippen MR) is 68.9 cm³/mol. The maximum atomic E-state index is 10.9. The van der Waals surface area contributed by atoms with E-state index in [-0.39, 0.29) is 0 Å². The Bertz CT molecular complexity index is 312. The highest BCUT2D eigenvalue weighted by Gasteiger charge is 2.14. The average Bonchev–Trinajstić information content (AvgIpc) is 2.38. The zero-order valence-electron chi connectivity index (χ0n) is 11.0. The molecule has 6 nitrogen and oxygen atoms in total. The first-order chi connectivity index (χ1) is 8.65. The van der Waals surface area contributed by atoms with Crippen molar-refractivity contribution in [2.24, 2.45) is 5.11 Å². The topological polar surface area (TPSA) is 95.3 Å². The lowest BCUT2D eigenvalue weighted by molar-refractivity contribution is -0.134. The average molecular weight is 255 g/mol. The van der Waals surface area contributed by atoms with Crippen molar-refractivity contribution in [2.75, 3.05) is 7.11 Å². The smallest absolute Gasteiger partial charge is 0.330 e. The van der Waals surface area contributed by atoms with Gasteiger partial charge in [0.25, 0.3) is 0 Å². The highest BCUT2D eigenvalue weighted by atomic mass is 16.5. The van der Waals surface area contributed by atoms with Crippen LogP contribution in [0.3, 0.4) is 0 Å². The Kier molecular flexibility index (Phi) is 9.73. The molecule has 6 heteroatoms. The highest BCUT2D eigenvalue weighted by molar-refractivity contribution is 5.81. The fraction of sp³-hybridized carbons (Fsp3) is 0.750. The number of nitrogens with zero attached hydrogens (tertiary/aromatic N) is 3. The van der Waals surface area contributed by atoms with E-state index >= 15 is 0 Å². The van der Waals surface area contributed by atoms with Gasteiger partial charge in [-0.05, 0) is 12.0 Å². The standard InChI is InChI=1S/C12H21N3O3/c1-3-4-5-6-7-11(16)10(14-15-13)8-9-12(17)18-2/h8-11,16H,3-7H2,1-2H3/b9-8+/t10-,11-/m1/s1. The molecule has 0 aliphatic carbocycles. The van der Waals surface area contributed by atoms with Gasteiger partial charge in [0.05, 0.1) is 19.3 Å². The van der Waals surface area contributed by atoms with E-state index in [1.54, 1.807) is 0 Å². The van der Waals surface area contributed by atoms with Gasteiger partial charge in [0.1, 0.15) is 0 Å². The minimum atomic E-state index is -0.765. The Morgan fingerprint density at radius 3 is 2.78 bits per heavy atom. The van der Waals surface area contributed by atoms with Gasteiger partial charge in [0, 0.05) is 11.0 Å². The van der Waals surface area contributed by atoms with Crippen LogP contribution in [0.4, 0.5) is 0 Å². The number of unbranched alkanes of at least 4 members (excludes halogenated alkanes) is 3. The van der Waals surface area contributed by atoms with Crippen molar-refractivity contribution in [1.29, 1.82) is 0 Å². The van der Waals surface area contributed by atoms with E-state index in [4.69, 9.17) is 5.53 Å². The Balaban J connectivity index is 4.27. The van der Waals surface area contributed by atoms with Crippen LogP contribution in [-0.4, -0.2) is 30.3 Å². The molecule has 0 unspecified atom stereocenters. The molecule has 0 aromatic heterocycles. The number of aliphatic hydroxyl groups excluding tert-OH is 1. The van der Waals surface area contributed by atoms with E-state index in [0.717, 1.165) is 31.8 Å². The molecular formula is C12H21N3O3. The molecule has 102 valence electrons. The maximum absolute atomic E-state index is 10.9. The molecule has 0 radical (unpaired) electrons. The lowest BCUT2D eigenvalue weighted by Gasteiger charge is -2.14. The molecule has 0 aliphatic rings. The molecule has 0 spiro atoms. The van der Waals surface area contributed by atoms with E-state index in [1.165, 1.54) is 13.2 Å². The van der Waals surface area contributed by atoms with Crippen molar-refractivity contribution in [1.82, 2.24) is 0 Å². The van der Waals surface area contributed by atoms with Gasteiger partial charge in [-0.1, -0.05) is 43.8 Å². The van der Waals surface area contributed by atoms with Crippen LogP contribution >= 0.6 is 0 Å². The van der Waals surface area contributed by atoms with Gasteiger partial charge in [0.2, 0.25) is 0 Å². The van der Waals surface area contributed by atoms with Crippen molar-refractivity contribution in [3.8, 4) is 0 Å². The summed E-state index contributed by atoms with van der Waals surface area (Å²) in [5, 5.41) is 13.3. The van der Waals surface area contributed by atoms with Crippen LogP contribution in [0.15, 0.2) is 17.3 Å². The van der Waals surface area contributed by atoms with Crippen LogP contribution < -0.4 is 0 Å². The molecule has 0 heterocycles. The first-order valence-electron chi connectivity index (χ1n) is 6.14. The van der Waals surface area contributed by atoms with Gasteiger partial charge in [0.15, 0.2) is 0 Å². The van der Waals surface area contributed by atoms with Crippen LogP contribution in [0.2, 0.25) is 0 Å². The van der Waals surface area contributed by atoms with Crippen LogP contribution in [0.1, 0.15) is 39.0 Å². The molecule has 0 saturated heterocycles. The number of carbonyl (C=O) groups is 1. The van der Waals surface area contributed by atoms with Gasteiger partial charge in [-0.2, -0.15) is 0 Å². The van der Waals surface area contributed by atoms with E-state index in [1.807, 2.05) is 0 Å². The van der Waals surface area contributed by atoms with E-state index in [0.29, 0.717) is 6.42 Å². The van der Waals surface area contributed by atoms with Gasteiger partial charge >= 0.3 is 5.97 Å². The number of methoxy groups -OCH3 is 1. The zero-order valence-corrected chi connectivity index (χ0v) is 11.0. The minimum absolute atomic E-state index is 0.536. The first-order valence-corrected chi connectivity index (χ1v) is 6.14. The molecule has 0 aromatic rings. The predicted octanol–water partition coefficient (Wildman–Crippen LogP) is 2.73. The third-order valence-electron chi connectivity index (χ3n) is 2.56. The summed E-state index contributed by atoms with van der Waals surface area (Å²) in [6.45, 7) is 2.11. The summed E-state index contributed by atoms with van der Waals surface area (Å²) >= 11 is 0. The second-order valence-electron chi connectivity index (χ2n) is 3.99. The molecule has 0 fully saturated rings. The zero-order chi connectivity index (χ0) is 13.8. The number of esters is 1. The number of hydrogen-bond donors (Lipinski definition) is 1. The monoisotopic (exact) mass is 255 g/mol. The molecular weight excluding hydrogens is 234 g/mol. The minimum Gasteiger partial charge on any atom is -0.466 e. The summed E-state index contributed by atoms with van der Waals surface area (Å²) in [5.74, 6) is -0.536. The third-order valence-corrected chi connectivity index (χ3v) is 2.56. The molecule has 0 amide bonds. The molecule has 1 N–H and O–H groups in total. The Morgan fingerprint density at radius 2 is 2.22 bits per heavy atom. The summed E-state index contributed by atoms with van der Waals surface area (Å²) < 4.78 is 4.43. The number of rotatable bonds is 9. The molecule has 2 atom stereocenters. The Morgan fingerprint density at radius 1 is 1.50 bits per heavy atom. The fourth-order valence-electron chi connectivity index (χ4n) is 1.50. The van der Waals surface area contributed by atoms with Crippen molar-refractivity contribution < 1.29 is 14.6 Å². The number of aliphatic hydroxyl groups is 1. The normalized spacial score (nSPS) is 13.9. The quantitative estimate of drug-likeness (QED) is 0.171. The lowest BCUT2D eigenvalue weighted by atomic mass is 10.0. The summed E-state index contributed by atoms with van der Waals surface area (Å²) in [6.07, 6.45) is 6.48. The molecule has 0 rings (SSSR count). The van der Waals surface area contributed by atoms with Crippen LogP contribution in [0.25, 0.3) is 10.4 Å². The van der Waals surface area contributed by atoms with E-state index in [2.05, 4.69) is 21.7 Å². The van der Waals surface area contributed by atoms with Crippen LogP contribution in [0, 0.1) is 0 Å². The number of ether oxygens (including phenoxy) is 1. The van der Waals surface area contributed by atoms with E-state index in [9.17, 15) is 9.90 Å². The van der Waals surface area contributed by atoms with Crippen molar-refractivity contribution in [3.05, 3.63) is 22.6 Å². The Hall–Kier alpha value is -1.52. The van der Waals surface area contributed by atoms with Gasteiger partial charge in [-0.3, -0.25) is 0 Å². The Labute approximate surface area is 107 Å². The lowest BCUT2D eigenvalue weighted by Crippen LogP contribution is -2.22. The van der Waals surface area contributed by atoms with Crippen LogP contribution in [-0.2, 0) is 9.53 Å². The second kappa shape index (κ2) is 10.6. The van der Waals surface area contributed by atoms with Gasteiger partial charge < -0.3 is 9.84 Å². The molecule has 0 bridgehead atoms. The largest absolute Gasteiger partial charge is 0.466 e. The van der Waals surface area contributed by atoms with Crippen molar-refractivity contribution in [3.63, 3.8) is 0 Å². The fourth-order valence-corrected chi connectivity index (χ4v) is 1.50. The molecule has 0 aromatic carbocycles. The maximum Gasteiger partial charge on any atom is 0.330 e.